The first-order chi connectivity index (χ1) is 11.3. The molecule has 0 aliphatic rings. The van der Waals surface area contributed by atoms with Gasteiger partial charge < -0.3 is 9.84 Å². The van der Waals surface area contributed by atoms with Gasteiger partial charge >= 0.3 is 0 Å². The van der Waals surface area contributed by atoms with Crippen LogP contribution in [0.5, 0.6) is 11.5 Å². The van der Waals surface area contributed by atoms with Gasteiger partial charge in [0.25, 0.3) is 0 Å². The van der Waals surface area contributed by atoms with E-state index in [2.05, 4.69) is 30.3 Å². The number of rotatable bonds is 3. The molecule has 2 heteroatoms. The smallest absolute Gasteiger partial charge is 0.165 e. The normalized spacial score (nSPS) is 11.0. The van der Waals surface area contributed by atoms with Gasteiger partial charge in [-0.25, -0.2) is 0 Å². The SMILES string of the molecule is Oc1c(OCc2ccc3ccccc3c2)ccc2ccccc12. The molecule has 0 fully saturated rings. The van der Waals surface area contributed by atoms with Crippen LogP contribution in [0, 0.1) is 0 Å². The third-order valence-electron chi connectivity index (χ3n) is 4.07. The summed E-state index contributed by atoms with van der Waals surface area (Å²) < 4.78 is 5.83. The van der Waals surface area contributed by atoms with E-state index in [1.54, 1.807) is 0 Å². The molecule has 0 saturated carbocycles. The third kappa shape index (κ3) is 2.59. The maximum atomic E-state index is 10.4. The quantitative estimate of drug-likeness (QED) is 0.558. The second-order valence-electron chi connectivity index (χ2n) is 5.60. The van der Waals surface area contributed by atoms with Crippen molar-refractivity contribution < 1.29 is 9.84 Å². The van der Waals surface area contributed by atoms with Gasteiger partial charge in [-0.15, -0.1) is 0 Å². The fourth-order valence-corrected chi connectivity index (χ4v) is 2.84. The first-order valence-electron chi connectivity index (χ1n) is 7.62. The lowest BCUT2D eigenvalue weighted by Crippen LogP contribution is -1.96. The molecule has 0 radical (unpaired) electrons. The maximum absolute atomic E-state index is 10.4. The van der Waals surface area contributed by atoms with Crippen LogP contribution < -0.4 is 4.74 Å². The number of hydrogen-bond donors (Lipinski definition) is 1. The average molecular weight is 300 g/mol. The Hall–Kier alpha value is -3.00. The minimum absolute atomic E-state index is 0.198. The Morgan fingerprint density at radius 1 is 0.696 bits per heavy atom. The van der Waals surface area contributed by atoms with Crippen molar-refractivity contribution in [1.82, 2.24) is 0 Å². The van der Waals surface area contributed by atoms with Crippen LogP contribution in [0.1, 0.15) is 5.56 Å². The van der Waals surface area contributed by atoms with Crippen LogP contribution in [-0.2, 0) is 6.61 Å². The van der Waals surface area contributed by atoms with E-state index < -0.39 is 0 Å². The molecule has 0 unspecified atom stereocenters. The molecule has 0 saturated heterocycles. The van der Waals surface area contributed by atoms with E-state index in [4.69, 9.17) is 4.74 Å². The Kier molecular flexibility index (Phi) is 3.35. The van der Waals surface area contributed by atoms with Crippen molar-refractivity contribution in [2.45, 2.75) is 6.61 Å². The van der Waals surface area contributed by atoms with Gasteiger partial charge in [0, 0.05) is 5.39 Å². The molecule has 0 aliphatic carbocycles. The van der Waals surface area contributed by atoms with E-state index in [1.807, 2.05) is 48.5 Å². The summed E-state index contributed by atoms with van der Waals surface area (Å²) in [7, 11) is 0. The minimum atomic E-state index is 0.198. The Labute approximate surface area is 134 Å². The van der Waals surface area contributed by atoms with Crippen molar-refractivity contribution in [3.05, 3.63) is 84.4 Å². The standard InChI is InChI=1S/C21H16O2/c22-21-19-8-4-3-6-17(19)11-12-20(21)23-14-15-9-10-16-5-1-2-7-18(16)13-15/h1-13,22H,14H2. The first kappa shape index (κ1) is 13.6. The number of phenolic OH excluding ortho intramolecular Hbond substituents is 1. The highest BCUT2D eigenvalue weighted by Gasteiger charge is 2.07. The molecule has 0 heterocycles. The summed E-state index contributed by atoms with van der Waals surface area (Å²) in [6.45, 7) is 0.427. The van der Waals surface area contributed by atoms with Crippen LogP contribution in [0.2, 0.25) is 0 Å². The van der Waals surface area contributed by atoms with Gasteiger partial charge in [-0.05, 0) is 33.9 Å². The van der Waals surface area contributed by atoms with E-state index in [0.29, 0.717) is 12.4 Å². The Morgan fingerprint density at radius 3 is 2.26 bits per heavy atom. The molecule has 4 aromatic rings. The van der Waals surface area contributed by atoms with Gasteiger partial charge in [-0.2, -0.15) is 0 Å². The molecule has 0 aliphatic heterocycles. The lowest BCUT2D eigenvalue weighted by atomic mass is 10.1. The molecular weight excluding hydrogens is 284 g/mol. The van der Waals surface area contributed by atoms with Gasteiger partial charge in [0.05, 0.1) is 0 Å². The fraction of sp³-hybridized carbons (Fsp3) is 0.0476. The van der Waals surface area contributed by atoms with E-state index in [9.17, 15) is 5.11 Å². The molecule has 4 rings (SSSR count). The summed E-state index contributed by atoms with van der Waals surface area (Å²) >= 11 is 0. The molecule has 0 atom stereocenters. The molecule has 0 bridgehead atoms. The summed E-state index contributed by atoms with van der Waals surface area (Å²) in [5.41, 5.74) is 1.08. The largest absolute Gasteiger partial charge is 0.504 e. The van der Waals surface area contributed by atoms with Crippen molar-refractivity contribution in [1.29, 1.82) is 0 Å². The predicted octanol–water partition coefficient (Wildman–Crippen LogP) is 5.28. The number of fused-ring (bicyclic) bond motifs is 2. The van der Waals surface area contributed by atoms with Crippen molar-refractivity contribution in [3.63, 3.8) is 0 Å². The first-order valence-corrected chi connectivity index (χ1v) is 7.62. The van der Waals surface area contributed by atoms with Crippen LogP contribution in [-0.4, -0.2) is 5.11 Å². The molecule has 23 heavy (non-hydrogen) atoms. The number of ether oxygens (including phenoxy) is 1. The second-order valence-corrected chi connectivity index (χ2v) is 5.60. The third-order valence-corrected chi connectivity index (χ3v) is 4.07. The minimum Gasteiger partial charge on any atom is -0.504 e. The summed E-state index contributed by atoms with van der Waals surface area (Å²) in [4.78, 5) is 0. The topological polar surface area (TPSA) is 29.5 Å². The summed E-state index contributed by atoms with van der Waals surface area (Å²) in [6, 6.07) is 26.0. The van der Waals surface area contributed by atoms with E-state index in [1.165, 1.54) is 10.8 Å². The molecular formula is C21H16O2. The van der Waals surface area contributed by atoms with Crippen molar-refractivity contribution >= 4 is 21.5 Å². The highest BCUT2D eigenvalue weighted by molar-refractivity contribution is 5.90. The average Bonchev–Trinajstić information content (AvgIpc) is 2.61. The van der Waals surface area contributed by atoms with Gasteiger partial charge in [0.1, 0.15) is 6.61 Å². The molecule has 0 amide bonds. The Morgan fingerprint density at radius 2 is 1.39 bits per heavy atom. The van der Waals surface area contributed by atoms with Crippen molar-refractivity contribution in [2.75, 3.05) is 0 Å². The zero-order chi connectivity index (χ0) is 15.6. The lowest BCUT2D eigenvalue weighted by Gasteiger charge is -2.11. The number of aromatic hydroxyl groups is 1. The highest BCUT2D eigenvalue weighted by Crippen LogP contribution is 2.34. The molecule has 112 valence electrons. The van der Waals surface area contributed by atoms with Gasteiger partial charge in [-0.3, -0.25) is 0 Å². The molecule has 1 N–H and O–H groups in total. The number of phenols is 1. The second kappa shape index (κ2) is 5.65. The zero-order valence-electron chi connectivity index (χ0n) is 12.6. The van der Waals surface area contributed by atoms with Crippen molar-refractivity contribution in [3.8, 4) is 11.5 Å². The van der Waals surface area contributed by atoms with Crippen LogP contribution in [0.4, 0.5) is 0 Å². The summed E-state index contributed by atoms with van der Waals surface area (Å²) in [6.07, 6.45) is 0. The molecule has 0 aromatic heterocycles. The molecule has 0 spiro atoms. The Balaban J connectivity index is 1.61. The zero-order valence-corrected chi connectivity index (χ0v) is 12.6. The Bertz CT molecular complexity index is 989. The maximum Gasteiger partial charge on any atom is 0.165 e. The fourth-order valence-electron chi connectivity index (χ4n) is 2.84. The molecule has 4 aromatic carbocycles. The van der Waals surface area contributed by atoms with E-state index in [0.717, 1.165) is 16.3 Å². The summed E-state index contributed by atoms with van der Waals surface area (Å²) in [5.74, 6) is 0.709. The van der Waals surface area contributed by atoms with Crippen LogP contribution in [0.25, 0.3) is 21.5 Å². The van der Waals surface area contributed by atoms with Gasteiger partial charge in [0.2, 0.25) is 0 Å². The van der Waals surface area contributed by atoms with Gasteiger partial charge in [-0.1, -0.05) is 66.7 Å². The highest BCUT2D eigenvalue weighted by atomic mass is 16.5. The van der Waals surface area contributed by atoms with Crippen LogP contribution in [0.15, 0.2) is 78.9 Å². The van der Waals surface area contributed by atoms with Crippen LogP contribution >= 0.6 is 0 Å². The van der Waals surface area contributed by atoms with Crippen LogP contribution in [0.3, 0.4) is 0 Å². The van der Waals surface area contributed by atoms with E-state index >= 15 is 0 Å². The number of benzene rings is 4. The predicted molar refractivity (Wildman–Crippen MR) is 93.9 cm³/mol. The number of hydrogen-bond acceptors (Lipinski definition) is 2. The van der Waals surface area contributed by atoms with Gasteiger partial charge in [0.15, 0.2) is 11.5 Å². The molecule has 2 nitrogen and oxygen atoms in total. The van der Waals surface area contributed by atoms with E-state index in [-0.39, 0.29) is 5.75 Å². The monoisotopic (exact) mass is 300 g/mol. The van der Waals surface area contributed by atoms with Crippen molar-refractivity contribution in [2.24, 2.45) is 0 Å². The lowest BCUT2D eigenvalue weighted by molar-refractivity contribution is 0.290. The summed E-state index contributed by atoms with van der Waals surface area (Å²) in [5, 5.41) is 14.6.